The quantitative estimate of drug-likeness (QED) is 0.702. The number of thiophene rings is 1. The van der Waals surface area contributed by atoms with Gasteiger partial charge in [0.05, 0.1) is 17.2 Å². The molecule has 0 aliphatic carbocycles. The fourth-order valence-corrected chi connectivity index (χ4v) is 4.11. The summed E-state index contributed by atoms with van der Waals surface area (Å²) in [6, 6.07) is 11.4. The molecule has 0 unspecified atom stereocenters. The van der Waals surface area contributed by atoms with E-state index in [-0.39, 0.29) is 18.2 Å². The minimum Gasteiger partial charge on any atom is -0.464 e. The van der Waals surface area contributed by atoms with Crippen LogP contribution in [0.15, 0.2) is 50.9 Å². The van der Waals surface area contributed by atoms with Gasteiger partial charge in [0.25, 0.3) is 0 Å². The van der Waals surface area contributed by atoms with Crippen molar-refractivity contribution >= 4 is 35.0 Å². The Kier molecular flexibility index (Phi) is 7.52. The summed E-state index contributed by atoms with van der Waals surface area (Å²) in [7, 11) is 0. The Morgan fingerprint density at radius 1 is 1.16 bits per heavy atom. The van der Waals surface area contributed by atoms with E-state index in [0.717, 1.165) is 14.7 Å². The van der Waals surface area contributed by atoms with E-state index in [2.05, 4.69) is 5.32 Å². The monoisotopic (exact) mass is 377 g/mol. The molecule has 0 aliphatic rings. The molecule has 0 bridgehead atoms. The van der Waals surface area contributed by atoms with Crippen LogP contribution in [-0.2, 0) is 20.7 Å². The van der Waals surface area contributed by atoms with Crippen molar-refractivity contribution in [2.45, 2.75) is 42.3 Å². The van der Waals surface area contributed by atoms with Gasteiger partial charge in [-0.15, -0.1) is 11.3 Å². The summed E-state index contributed by atoms with van der Waals surface area (Å²) < 4.78 is 6.24. The van der Waals surface area contributed by atoms with Crippen LogP contribution in [0.25, 0.3) is 0 Å². The van der Waals surface area contributed by atoms with Crippen LogP contribution in [0.1, 0.15) is 26.3 Å². The van der Waals surface area contributed by atoms with Crippen molar-refractivity contribution < 1.29 is 14.3 Å². The number of hydrogen-bond acceptors (Lipinski definition) is 5. The molecule has 0 fully saturated rings. The molecule has 1 amide bonds. The normalized spacial score (nSPS) is 12.0. The Morgan fingerprint density at radius 2 is 1.88 bits per heavy atom. The zero-order valence-electron chi connectivity index (χ0n) is 14.7. The van der Waals surface area contributed by atoms with Crippen molar-refractivity contribution in [2.24, 2.45) is 5.92 Å². The highest BCUT2D eigenvalue weighted by Gasteiger charge is 2.18. The average molecular weight is 378 g/mol. The van der Waals surface area contributed by atoms with E-state index in [9.17, 15) is 9.59 Å². The predicted octanol–water partition coefficient (Wildman–Crippen LogP) is 4.15. The maximum Gasteiger partial charge on any atom is 0.328 e. The Morgan fingerprint density at radius 3 is 2.56 bits per heavy atom. The van der Waals surface area contributed by atoms with E-state index >= 15 is 0 Å². The number of esters is 1. The molecule has 0 saturated heterocycles. The number of carbonyl (C=O) groups excluding carboxylic acids is 2. The van der Waals surface area contributed by atoms with Gasteiger partial charge in [-0.25, -0.2) is 4.79 Å². The summed E-state index contributed by atoms with van der Waals surface area (Å²) >= 11 is 3.26. The van der Waals surface area contributed by atoms with Crippen molar-refractivity contribution in [3.63, 3.8) is 0 Å². The lowest BCUT2D eigenvalue weighted by Gasteiger charge is -2.14. The molecule has 134 valence electrons. The van der Waals surface area contributed by atoms with Gasteiger partial charge in [0.1, 0.15) is 6.04 Å². The highest BCUT2D eigenvalue weighted by atomic mass is 32.2. The first-order valence-corrected chi connectivity index (χ1v) is 9.90. The Bertz CT molecular complexity index is 698. The van der Waals surface area contributed by atoms with Crippen LogP contribution >= 0.6 is 23.1 Å². The van der Waals surface area contributed by atoms with Gasteiger partial charge in [-0.2, -0.15) is 0 Å². The first-order chi connectivity index (χ1) is 12.0. The molecule has 2 rings (SSSR count). The van der Waals surface area contributed by atoms with Gasteiger partial charge < -0.3 is 10.1 Å². The number of benzene rings is 1. The number of hydrogen-bond donors (Lipinski definition) is 1. The fraction of sp³-hybridized carbons (Fsp3) is 0.368. The fourth-order valence-electron chi connectivity index (χ4n) is 2.04. The second-order valence-corrected chi connectivity index (χ2v) is 8.40. The van der Waals surface area contributed by atoms with Crippen LogP contribution in [0, 0.1) is 5.92 Å². The molecular formula is C19H23NO3S2. The Labute approximate surface area is 157 Å². The zero-order chi connectivity index (χ0) is 18.2. The lowest BCUT2D eigenvalue weighted by Crippen LogP contribution is -2.40. The lowest BCUT2D eigenvalue weighted by atomic mass is 10.2. The van der Waals surface area contributed by atoms with Crippen molar-refractivity contribution in [2.75, 3.05) is 6.61 Å². The van der Waals surface area contributed by atoms with Crippen molar-refractivity contribution in [1.82, 2.24) is 5.32 Å². The van der Waals surface area contributed by atoms with E-state index in [1.165, 1.54) is 0 Å². The standard InChI is InChI=1S/C19H23NO3S2/c1-13(2)12-23-18(22)14(3)20-17(21)11-15-9-10-24-19(15)25-16-7-5-4-6-8-16/h4-10,13-14H,11-12H2,1-3H3,(H,20,21)/t14-/m0/s1. The molecule has 2 aromatic rings. The maximum atomic E-state index is 12.2. The topological polar surface area (TPSA) is 55.4 Å². The smallest absolute Gasteiger partial charge is 0.328 e. The molecule has 1 atom stereocenters. The van der Waals surface area contributed by atoms with Crippen molar-refractivity contribution in [3.8, 4) is 0 Å². The molecule has 1 N–H and O–H groups in total. The van der Waals surface area contributed by atoms with Crippen LogP contribution < -0.4 is 5.32 Å². The molecule has 1 heterocycles. The number of amides is 1. The average Bonchev–Trinajstić information content (AvgIpc) is 3.00. The van der Waals surface area contributed by atoms with Crippen molar-refractivity contribution in [1.29, 1.82) is 0 Å². The molecule has 4 nitrogen and oxygen atoms in total. The van der Waals surface area contributed by atoms with Gasteiger partial charge in [-0.3, -0.25) is 4.79 Å². The second-order valence-electron chi connectivity index (χ2n) is 6.14. The summed E-state index contributed by atoms with van der Waals surface area (Å²) in [4.78, 5) is 25.2. The summed E-state index contributed by atoms with van der Waals surface area (Å²) in [5.41, 5.74) is 0.971. The van der Waals surface area contributed by atoms with Crippen LogP contribution in [0.2, 0.25) is 0 Å². The molecule has 0 spiro atoms. The summed E-state index contributed by atoms with van der Waals surface area (Å²) in [5, 5.41) is 4.70. The SMILES string of the molecule is CC(C)COC(=O)[C@H](C)NC(=O)Cc1ccsc1Sc1ccccc1. The van der Waals surface area contributed by atoms with E-state index in [1.54, 1.807) is 30.0 Å². The minimum absolute atomic E-state index is 0.178. The Hall–Kier alpha value is -1.79. The van der Waals surface area contributed by atoms with Crippen LogP contribution in [0.3, 0.4) is 0 Å². The molecule has 6 heteroatoms. The molecule has 1 aromatic heterocycles. The molecule has 0 radical (unpaired) electrons. The maximum absolute atomic E-state index is 12.2. The minimum atomic E-state index is -0.643. The number of nitrogens with one attached hydrogen (secondary N) is 1. The van der Waals surface area contributed by atoms with Crippen molar-refractivity contribution in [3.05, 3.63) is 47.3 Å². The number of ether oxygens (including phenoxy) is 1. The van der Waals surface area contributed by atoms with Gasteiger partial charge in [-0.1, -0.05) is 43.8 Å². The second kappa shape index (κ2) is 9.63. The molecule has 0 aliphatic heterocycles. The van der Waals surface area contributed by atoms with Gasteiger partial charge in [0.15, 0.2) is 0 Å². The van der Waals surface area contributed by atoms with E-state index in [0.29, 0.717) is 6.61 Å². The third kappa shape index (κ3) is 6.55. The van der Waals surface area contributed by atoms with E-state index in [4.69, 9.17) is 4.74 Å². The summed E-state index contributed by atoms with van der Waals surface area (Å²) in [6.45, 7) is 5.95. The van der Waals surface area contributed by atoms with Gasteiger partial charge in [0.2, 0.25) is 5.91 Å². The number of carbonyl (C=O) groups is 2. The molecule has 1 aromatic carbocycles. The highest BCUT2D eigenvalue weighted by Crippen LogP contribution is 2.34. The Balaban J connectivity index is 1.89. The first kappa shape index (κ1) is 19.5. The highest BCUT2D eigenvalue weighted by molar-refractivity contribution is 8.01. The van der Waals surface area contributed by atoms with E-state index < -0.39 is 12.0 Å². The third-order valence-corrected chi connectivity index (χ3v) is 5.54. The largest absolute Gasteiger partial charge is 0.464 e. The molecule has 25 heavy (non-hydrogen) atoms. The van der Waals surface area contributed by atoms with Crippen LogP contribution in [0.5, 0.6) is 0 Å². The van der Waals surface area contributed by atoms with Gasteiger partial charge in [-0.05, 0) is 42.0 Å². The zero-order valence-corrected chi connectivity index (χ0v) is 16.3. The van der Waals surface area contributed by atoms with E-state index in [1.807, 2.05) is 55.6 Å². The molecular weight excluding hydrogens is 354 g/mol. The van der Waals surface area contributed by atoms with Crippen LogP contribution in [-0.4, -0.2) is 24.5 Å². The van der Waals surface area contributed by atoms with Gasteiger partial charge >= 0.3 is 5.97 Å². The first-order valence-electron chi connectivity index (χ1n) is 8.21. The number of rotatable bonds is 8. The lowest BCUT2D eigenvalue weighted by molar-refractivity contribution is -0.148. The van der Waals surface area contributed by atoms with Gasteiger partial charge in [0, 0.05) is 4.90 Å². The summed E-state index contributed by atoms with van der Waals surface area (Å²) in [5.74, 6) is -0.302. The molecule has 0 saturated carbocycles. The predicted molar refractivity (Wildman–Crippen MR) is 102 cm³/mol. The van der Waals surface area contributed by atoms with Crippen LogP contribution in [0.4, 0.5) is 0 Å². The third-order valence-electron chi connectivity index (χ3n) is 3.30. The summed E-state index contributed by atoms with van der Waals surface area (Å²) in [6.07, 6.45) is 0.250.